The van der Waals surface area contributed by atoms with Crippen LogP contribution in [0.25, 0.3) is 22.0 Å². The highest BCUT2D eigenvalue weighted by Crippen LogP contribution is 2.32. The van der Waals surface area contributed by atoms with E-state index >= 15 is 0 Å². The number of nitrogens with zero attached hydrogens (tertiary/aromatic N) is 2. The Morgan fingerprint density at radius 3 is 2.65 bits per heavy atom. The second-order valence-electron chi connectivity index (χ2n) is 8.40. The molecule has 0 aliphatic heterocycles. The first-order valence-electron chi connectivity index (χ1n) is 11.3. The van der Waals surface area contributed by atoms with E-state index in [4.69, 9.17) is 16.3 Å². The minimum absolute atomic E-state index is 0.0833. The number of anilines is 1. The fourth-order valence-electron chi connectivity index (χ4n) is 4.10. The fourth-order valence-corrected chi connectivity index (χ4v) is 4.33. The highest BCUT2D eigenvalue weighted by atomic mass is 35.5. The highest BCUT2D eigenvalue weighted by molar-refractivity contribution is 6.35. The molecule has 1 saturated carbocycles. The van der Waals surface area contributed by atoms with Gasteiger partial charge in [0.1, 0.15) is 23.5 Å². The number of nitrogens with one attached hydrogen (secondary N) is 1. The van der Waals surface area contributed by atoms with Crippen molar-refractivity contribution in [2.24, 2.45) is 0 Å². The molecule has 2 N–H and O–H groups in total. The molecule has 0 unspecified atom stereocenters. The summed E-state index contributed by atoms with van der Waals surface area (Å²) in [4.78, 5) is 20.4. The quantitative estimate of drug-likeness (QED) is 0.315. The molecule has 0 spiro atoms. The molecular formula is C27H24ClN3O3. The summed E-state index contributed by atoms with van der Waals surface area (Å²) in [5.41, 5.74) is 2.86. The Morgan fingerprint density at radius 1 is 1.06 bits per heavy atom. The van der Waals surface area contributed by atoms with Gasteiger partial charge in [0.05, 0.1) is 11.8 Å². The molecule has 1 aliphatic carbocycles. The lowest BCUT2D eigenvalue weighted by molar-refractivity contribution is 0.0680. The Balaban J connectivity index is 1.32. The molecule has 1 aliphatic rings. The number of hydrogen-bond acceptors (Lipinski definition) is 5. The summed E-state index contributed by atoms with van der Waals surface area (Å²) in [5, 5.41) is 15.8. The van der Waals surface area contributed by atoms with Crippen LogP contribution in [0.2, 0.25) is 5.02 Å². The maximum absolute atomic E-state index is 11.6. The predicted octanol–water partition coefficient (Wildman–Crippen LogP) is 6.23. The second kappa shape index (κ2) is 9.69. The Labute approximate surface area is 202 Å². The number of aromatic nitrogens is 2. The number of hydrogen-bond donors (Lipinski definition) is 2. The minimum atomic E-state index is -0.999. The van der Waals surface area contributed by atoms with Gasteiger partial charge in [-0.3, -0.25) is 0 Å². The molecule has 0 saturated heterocycles. The molecule has 3 aromatic carbocycles. The zero-order valence-electron chi connectivity index (χ0n) is 18.5. The molecule has 172 valence electrons. The van der Waals surface area contributed by atoms with Crippen molar-refractivity contribution in [3.8, 4) is 17.0 Å². The summed E-state index contributed by atoms with van der Waals surface area (Å²) >= 11 is 6.34. The molecule has 4 aromatic rings. The number of halogens is 1. The minimum Gasteiger partial charge on any atom is -0.490 e. The monoisotopic (exact) mass is 473 g/mol. The van der Waals surface area contributed by atoms with Gasteiger partial charge in [0.15, 0.2) is 0 Å². The molecule has 34 heavy (non-hydrogen) atoms. The van der Waals surface area contributed by atoms with Gasteiger partial charge in [0, 0.05) is 28.6 Å². The summed E-state index contributed by atoms with van der Waals surface area (Å²) < 4.78 is 5.94. The van der Waals surface area contributed by atoms with Gasteiger partial charge in [-0.05, 0) is 54.8 Å². The van der Waals surface area contributed by atoms with Crippen molar-refractivity contribution in [2.75, 3.05) is 11.9 Å². The van der Waals surface area contributed by atoms with E-state index in [1.54, 1.807) is 18.2 Å². The van der Waals surface area contributed by atoms with Crippen LogP contribution >= 0.6 is 11.6 Å². The largest absolute Gasteiger partial charge is 0.490 e. The van der Waals surface area contributed by atoms with Gasteiger partial charge in [-0.15, -0.1) is 0 Å². The maximum Gasteiger partial charge on any atom is 0.339 e. The average molecular weight is 474 g/mol. The first-order chi connectivity index (χ1) is 16.6. The van der Waals surface area contributed by atoms with Crippen LogP contribution < -0.4 is 10.1 Å². The lowest BCUT2D eigenvalue weighted by Gasteiger charge is -2.27. The first-order valence-corrected chi connectivity index (χ1v) is 11.7. The third kappa shape index (κ3) is 4.68. The van der Waals surface area contributed by atoms with Crippen molar-refractivity contribution in [1.29, 1.82) is 0 Å². The topological polar surface area (TPSA) is 84.3 Å². The van der Waals surface area contributed by atoms with Crippen LogP contribution in [0.4, 0.5) is 5.82 Å². The molecule has 0 amide bonds. The molecule has 7 heteroatoms. The number of fused-ring (bicyclic) bond motifs is 1. The first kappa shape index (κ1) is 22.2. The standard InChI is InChI=1S/C27H24ClN3O3/c28-23-11-9-17(20-6-1-2-7-21(20)23)12-13-29-26-15-24(30-16-31-26)18-8-10-22(27(32)33)25(14-18)34-19-4-3-5-19/h1-2,6-11,14-16,19H,3-5,12-13H2,(H,32,33)(H,29,30,31). The Bertz CT molecular complexity index is 1350. The van der Waals surface area contributed by atoms with Crippen molar-refractivity contribution in [2.45, 2.75) is 31.8 Å². The fraction of sp³-hybridized carbons (Fsp3) is 0.222. The van der Waals surface area contributed by atoms with Gasteiger partial charge in [0.25, 0.3) is 0 Å². The smallest absolute Gasteiger partial charge is 0.339 e. The average Bonchev–Trinajstić information content (AvgIpc) is 2.83. The van der Waals surface area contributed by atoms with Gasteiger partial charge in [-0.2, -0.15) is 0 Å². The lowest BCUT2D eigenvalue weighted by Crippen LogP contribution is -2.25. The third-order valence-corrected chi connectivity index (χ3v) is 6.51. The Morgan fingerprint density at radius 2 is 1.88 bits per heavy atom. The van der Waals surface area contributed by atoms with Gasteiger partial charge < -0.3 is 15.2 Å². The zero-order chi connectivity index (χ0) is 23.5. The Kier molecular flexibility index (Phi) is 6.32. The van der Waals surface area contributed by atoms with Crippen molar-refractivity contribution in [3.63, 3.8) is 0 Å². The van der Waals surface area contributed by atoms with Gasteiger partial charge in [-0.25, -0.2) is 14.8 Å². The van der Waals surface area contributed by atoms with Gasteiger partial charge in [0.2, 0.25) is 0 Å². The van der Waals surface area contributed by atoms with Crippen LogP contribution in [0.5, 0.6) is 5.75 Å². The van der Waals surface area contributed by atoms with Crippen molar-refractivity contribution in [1.82, 2.24) is 9.97 Å². The van der Waals surface area contributed by atoms with E-state index in [1.165, 1.54) is 11.9 Å². The predicted molar refractivity (Wildman–Crippen MR) is 134 cm³/mol. The maximum atomic E-state index is 11.6. The number of carbonyl (C=O) groups is 1. The molecule has 0 atom stereocenters. The molecular weight excluding hydrogens is 450 g/mol. The normalized spacial score (nSPS) is 13.4. The molecule has 5 rings (SSSR count). The number of benzene rings is 3. The lowest BCUT2D eigenvalue weighted by atomic mass is 9.96. The van der Waals surface area contributed by atoms with Crippen LogP contribution in [0.3, 0.4) is 0 Å². The number of aromatic carboxylic acids is 1. The van der Waals surface area contributed by atoms with E-state index in [0.29, 0.717) is 23.8 Å². The molecule has 1 fully saturated rings. The summed E-state index contributed by atoms with van der Waals surface area (Å²) in [7, 11) is 0. The van der Waals surface area contributed by atoms with Crippen LogP contribution in [0, 0.1) is 0 Å². The SMILES string of the molecule is O=C(O)c1ccc(-c2cc(NCCc3ccc(Cl)c4ccccc34)ncn2)cc1OC1CCC1. The third-order valence-electron chi connectivity index (χ3n) is 6.18. The summed E-state index contributed by atoms with van der Waals surface area (Å²) in [5.74, 6) is 0.0881. The number of rotatable bonds is 8. The highest BCUT2D eigenvalue weighted by Gasteiger charge is 2.22. The van der Waals surface area contributed by atoms with Gasteiger partial charge in [-0.1, -0.05) is 48.0 Å². The summed E-state index contributed by atoms with van der Waals surface area (Å²) in [6.07, 6.45) is 5.41. The molecule has 1 heterocycles. The van der Waals surface area contributed by atoms with Crippen LogP contribution in [0.15, 0.2) is 67.0 Å². The summed E-state index contributed by atoms with van der Waals surface area (Å²) in [6, 6.07) is 19.1. The van der Waals surface area contributed by atoms with Crippen LogP contribution in [0.1, 0.15) is 35.2 Å². The van der Waals surface area contributed by atoms with Crippen molar-refractivity contribution < 1.29 is 14.6 Å². The van der Waals surface area contributed by atoms with E-state index in [9.17, 15) is 9.90 Å². The van der Waals surface area contributed by atoms with E-state index < -0.39 is 5.97 Å². The van der Waals surface area contributed by atoms with Crippen molar-refractivity contribution >= 4 is 34.2 Å². The zero-order valence-corrected chi connectivity index (χ0v) is 19.3. The van der Waals surface area contributed by atoms with E-state index in [0.717, 1.165) is 47.0 Å². The van der Waals surface area contributed by atoms with Crippen LogP contribution in [-0.4, -0.2) is 33.7 Å². The summed E-state index contributed by atoms with van der Waals surface area (Å²) in [6.45, 7) is 0.691. The van der Waals surface area contributed by atoms with E-state index in [-0.39, 0.29) is 11.7 Å². The van der Waals surface area contributed by atoms with Gasteiger partial charge >= 0.3 is 5.97 Å². The molecule has 1 aromatic heterocycles. The van der Waals surface area contributed by atoms with Crippen molar-refractivity contribution in [3.05, 3.63) is 83.1 Å². The van der Waals surface area contributed by atoms with E-state index in [2.05, 4.69) is 27.4 Å². The molecule has 0 radical (unpaired) electrons. The van der Waals surface area contributed by atoms with Crippen LogP contribution in [-0.2, 0) is 6.42 Å². The number of carboxylic acid groups (broad SMARTS) is 1. The molecule has 6 nitrogen and oxygen atoms in total. The van der Waals surface area contributed by atoms with E-state index in [1.807, 2.05) is 30.3 Å². The Hall–Kier alpha value is -3.64. The number of carboxylic acids is 1. The molecule has 0 bridgehead atoms. The second-order valence-corrected chi connectivity index (χ2v) is 8.81. The number of ether oxygens (including phenoxy) is 1.